The van der Waals surface area contributed by atoms with Gasteiger partial charge < -0.3 is 18.6 Å². The number of rotatable bonds is 6. The number of pyridine rings is 1. The van der Waals surface area contributed by atoms with E-state index in [1.807, 2.05) is 54.2 Å². The zero-order chi connectivity index (χ0) is 16.9. The molecule has 0 N–H and O–H groups in total. The van der Waals surface area contributed by atoms with Gasteiger partial charge in [-0.05, 0) is 36.4 Å². The van der Waals surface area contributed by atoms with Gasteiger partial charge in [-0.2, -0.15) is 5.26 Å². The standard InChI is InChI=1S/C18H18N4O2/c1-21(12-15-5-3-9-23-15)17-8-7-14(11-19)18(20-17)22(2)13-16-6-4-10-24-16/h3-10H,12-13H2,1-2H3. The predicted molar refractivity (Wildman–Crippen MR) is 90.6 cm³/mol. The highest BCUT2D eigenvalue weighted by Crippen LogP contribution is 2.23. The second-order valence-electron chi connectivity index (χ2n) is 5.52. The Hall–Kier alpha value is -3.20. The molecule has 0 atom stereocenters. The molecular weight excluding hydrogens is 304 g/mol. The summed E-state index contributed by atoms with van der Waals surface area (Å²) in [6.07, 6.45) is 3.29. The minimum atomic E-state index is 0.527. The summed E-state index contributed by atoms with van der Waals surface area (Å²) in [4.78, 5) is 8.53. The number of hydrogen-bond donors (Lipinski definition) is 0. The highest BCUT2D eigenvalue weighted by atomic mass is 16.3. The molecule has 3 heterocycles. The van der Waals surface area contributed by atoms with Crippen LogP contribution in [0.2, 0.25) is 0 Å². The largest absolute Gasteiger partial charge is 0.467 e. The number of aromatic nitrogens is 1. The van der Waals surface area contributed by atoms with Crippen molar-refractivity contribution in [2.75, 3.05) is 23.9 Å². The van der Waals surface area contributed by atoms with E-state index < -0.39 is 0 Å². The van der Waals surface area contributed by atoms with E-state index in [1.54, 1.807) is 18.6 Å². The molecule has 3 aromatic heterocycles. The summed E-state index contributed by atoms with van der Waals surface area (Å²) in [6, 6.07) is 13.3. The van der Waals surface area contributed by atoms with E-state index in [0.29, 0.717) is 24.5 Å². The Kier molecular flexibility index (Phi) is 4.52. The minimum absolute atomic E-state index is 0.527. The van der Waals surface area contributed by atoms with Crippen molar-refractivity contribution in [1.82, 2.24) is 4.98 Å². The van der Waals surface area contributed by atoms with Crippen LogP contribution in [-0.2, 0) is 13.1 Å². The molecule has 0 fully saturated rings. The van der Waals surface area contributed by atoms with Crippen LogP contribution in [0.1, 0.15) is 17.1 Å². The Labute approximate surface area is 140 Å². The van der Waals surface area contributed by atoms with Crippen molar-refractivity contribution in [3.8, 4) is 6.07 Å². The van der Waals surface area contributed by atoms with Gasteiger partial charge in [-0.3, -0.25) is 0 Å². The molecular formula is C18H18N4O2. The Balaban J connectivity index is 1.83. The third-order valence-corrected chi connectivity index (χ3v) is 3.68. The van der Waals surface area contributed by atoms with Crippen molar-refractivity contribution in [3.63, 3.8) is 0 Å². The lowest BCUT2D eigenvalue weighted by Crippen LogP contribution is -2.22. The molecule has 122 valence electrons. The van der Waals surface area contributed by atoms with Gasteiger partial charge in [-0.15, -0.1) is 0 Å². The van der Waals surface area contributed by atoms with Crippen LogP contribution in [0.15, 0.2) is 57.8 Å². The Bertz CT molecular complexity index is 819. The van der Waals surface area contributed by atoms with E-state index >= 15 is 0 Å². The van der Waals surface area contributed by atoms with Crippen LogP contribution in [0.3, 0.4) is 0 Å². The molecule has 3 rings (SSSR count). The summed E-state index contributed by atoms with van der Waals surface area (Å²) >= 11 is 0. The Morgan fingerprint density at radius 2 is 1.58 bits per heavy atom. The molecule has 0 radical (unpaired) electrons. The first-order valence-corrected chi connectivity index (χ1v) is 7.55. The zero-order valence-corrected chi connectivity index (χ0v) is 13.6. The van der Waals surface area contributed by atoms with Crippen molar-refractivity contribution in [2.45, 2.75) is 13.1 Å². The van der Waals surface area contributed by atoms with E-state index in [-0.39, 0.29) is 0 Å². The zero-order valence-electron chi connectivity index (χ0n) is 13.6. The number of furan rings is 2. The lowest BCUT2D eigenvalue weighted by molar-refractivity contribution is 0.506. The third-order valence-electron chi connectivity index (χ3n) is 3.68. The van der Waals surface area contributed by atoms with E-state index in [2.05, 4.69) is 11.1 Å². The fourth-order valence-corrected chi connectivity index (χ4v) is 2.46. The van der Waals surface area contributed by atoms with Crippen molar-refractivity contribution >= 4 is 11.6 Å². The quantitative estimate of drug-likeness (QED) is 0.692. The molecule has 0 aliphatic rings. The van der Waals surface area contributed by atoms with Gasteiger partial charge in [0.25, 0.3) is 0 Å². The maximum atomic E-state index is 9.36. The van der Waals surface area contributed by atoms with Gasteiger partial charge in [-0.25, -0.2) is 4.98 Å². The second-order valence-corrected chi connectivity index (χ2v) is 5.52. The molecule has 0 amide bonds. The highest BCUT2D eigenvalue weighted by molar-refractivity contribution is 5.58. The number of hydrogen-bond acceptors (Lipinski definition) is 6. The summed E-state index contributed by atoms with van der Waals surface area (Å²) in [5, 5.41) is 9.36. The van der Waals surface area contributed by atoms with Gasteiger partial charge in [-0.1, -0.05) is 0 Å². The van der Waals surface area contributed by atoms with Gasteiger partial charge in [0.15, 0.2) is 0 Å². The molecule has 6 heteroatoms. The minimum Gasteiger partial charge on any atom is -0.467 e. The summed E-state index contributed by atoms with van der Waals surface area (Å²) in [7, 11) is 3.83. The van der Waals surface area contributed by atoms with Crippen molar-refractivity contribution in [3.05, 3.63) is 66.0 Å². The van der Waals surface area contributed by atoms with Crippen molar-refractivity contribution < 1.29 is 8.83 Å². The fourth-order valence-electron chi connectivity index (χ4n) is 2.46. The molecule has 0 saturated heterocycles. The molecule has 6 nitrogen and oxygen atoms in total. The second kappa shape index (κ2) is 6.92. The first-order chi connectivity index (χ1) is 11.7. The molecule has 0 aromatic carbocycles. The number of nitrogens with zero attached hydrogens (tertiary/aromatic N) is 4. The lowest BCUT2D eigenvalue weighted by atomic mass is 10.2. The first-order valence-electron chi connectivity index (χ1n) is 7.55. The molecule has 3 aromatic rings. The van der Waals surface area contributed by atoms with Gasteiger partial charge in [0.05, 0.1) is 31.2 Å². The fraction of sp³-hybridized carbons (Fsp3) is 0.222. The number of nitriles is 1. The van der Waals surface area contributed by atoms with Crippen LogP contribution in [0.4, 0.5) is 11.6 Å². The van der Waals surface area contributed by atoms with E-state index in [0.717, 1.165) is 17.3 Å². The SMILES string of the molecule is CN(Cc1ccco1)c1ccc(C#N)c(N(C)Cc2ccco2)n1. The molecule has 0 aliphatic heterocycles. The van der Waals surface area contributed by atoms with Crippen LogP contribution in [0, 0.1) is 11.3 Å². The molecule has 0 spiro atoms. The monoisotopic (exact) mass is 322 g/mol. The van der Waals surface area contributed by atoms with Crippen LogP contribution < -0.4 is 9.80 Å². The van der Waals surface area contributed by atoms with Gasteiger partial charge in [0.1, 0.15) is 29.2 Å². The van der Waals surface area contributed by atoms with Crippen molar-refractivity contribution in [2.24, 2.45) is 0 Å². The van der Waals surface area contributed by atoms with Crippen LogP contribution in [0.25, 0.3) is 0 Å². The average molecular weight is 322 g/mol. The van der Waals surface area contributed by atoms with Crippen LogP contribution in [-0.4, -0.2) is 19.1 Å². The van der Waals surface area contributed by atoms with Crippen LogP contribution >= 0.6 is 0 Å². The average Bonchev–Trinajstić information content (AvgIpc) is 3.28. The van der Waals surface area contributed by atoms with E-state index in [9.17, 15) is 5.26 Å². The molecule has 0 aliphatic carbocycles. The normalized spacial score (nSPS) is 10.4. The maximum absolute atomic E-state index is 9.36. The summed E-state index contributed by atoms with van der Waals surface area (Å²) in [5.41, 5.74) is 0.527. The topological polar surface area (TPSA) is 69.4 Å². The van der Waals surface area contributed by atoms with E-state index in [4.69, 9.17) is 8.83 Å². The van der Waals surface area contributed by atoms with Gasteiger partial charge >= 0.3 is 0 Å². The highest BCUT2D eigenvalue weighted by Gasteiger charge is 2.14. The Morgan fingerprint density at radius 1 is 0.958 bits per heavy atom. The van der Waals surface area contributed by atoms with Gasteiger partial charge in [0.2, 0.25) is 0 Å². The predicted octanol–water partition coefficient (Wildman–Crippen LogP) is 3.41. The molecule has 24 heavy (non-hydrogen) atoms. The molecule has 0 unspecified atom stereocenters. The summed E-state index contributed by atoms with van der Waals surface area (Å²) in [5.74, 6) is 3.07. The Morgan fingerprint density at radius 3 is 2.12 bits per heavy atom. The number of anilines is 2. The summed E-state index contributed by atoms with van der Waals surface area (Å²) in [6.45, 7) is 1.15. The van der Waals surface area contributed by atoms with Crippen LogP contribution in [0.5, 0.6) is 0 Å². The van der Waals surface area contributed by atoms with E-state index in [1.165, 1.54) is 0 Å². The molecule has 0 saturated carbocycles. The molecule has 0 bridgehead atoms. The maximum Gasteiger partial charge on any atom is 0.149 e. The third kappa shape index (κ3) is 3.41. The first kappa shape index (κ1) is 15.7. The smallest absolute Gasteiger partial charge is 0.149 e. The van der Waals surface area contributed by atoms with Crippen molar-refractivity contribution in [1.29, 1.82) is 5.26 Å². The lowest BCUT2D eigenvalue weighted by Gasteiger charge is -2.22. The van der Waals surface area contributed by atoms with Gasteiger partial charge in [0, 0.05) is 14.1 Å². The summed E-state index contributed by atoms with van der Waals surface area (Å²) < 4.78 is 10.7.